The molecule has 0 spiro atoms. The van der Waals surface area contributed by atoms with Gasteiger partial charge in [-0.15, -0.1) is 0 Å². The summed E-state index contributed by atoms with van der Waals surface area (Å²) >= 11 is 11.1. The van der Waals surface area contributed by atoms with Crippen molar-refractivity contribution in [2.45, 2.75) is 12.7 Å². The molecule has 0 saturated heterocycles. The normalized spacial score (nSPS) is 11.9. The maximum atomic E-state index is 12.1. The van der Waals surface area contributed by atoms with Crippen molar-refractivity contribution in [1.29, 1.82) is 0 Å². The minimum Gasteiger partial charge on any atom is -0.275 e. The van der Waals surface area contributed by atoms with Crippen LogP contribution >= 0.6 is 23.2 Å². The molecule has 1 aromatic rings. The van der Waals surface area contributed by atoms with Gasteiger partial charge < -0.3 is 0 Å². The Morgan fingerprint density at radius 3 is 2.44 bits per heavy atom. The molecule has 1 aromatic heterocycles. The summed E-state index contributed by atoms with van der Waals surface area (Å²) in [6, 6.07) is 1.30. The third-order valence-corrected chi connectivity index (χ3v) is 3.04. The fourth-order valence-corrected chi connectivity index (χ4v) is 2.17. The molecular weight excluding hydrogens is 285 g/mol. The van der Waals surface area contributed by atoms with Crippen LogP contribution in [-0.4, -0.2) is 19.2 Å². The van der Waals surface area contributed by atoms with Crippen molar-refractivity contribution in [1.82, 2.24) is 4.98 Å². The van der Waals surface area contributed by atoms with Gasteiger partial charge in [0.2, 0.25) is 0 Å². The monoisotopic (exact) mass is 290 g/mol. The zero-order chi connectivity index (χ0) is 12.5. The number of halogens is 4. The van der Waals surface area contributed by atoms with Crippen molar-refractivity contribution < 1.29 is 17.2 Å². The molecule has 0 atom stereocenters. The third kappa shape index (κ3) is 2.93. The molecule has 0 amide bonds. The standard InChI is InChI=1S/C7H6Cl2F2N2O2S/c1-3-2-4(8)12-6(9)5(3)13-16(14,15)7(10)11/h2,7,13H,1H3. The van der Waals surface area contributed by atoms with Crippen LogP contribution in [0.15, 0.2) is 6.07 Å². The van der Waals surface area contributed by atoms with Crippen LogP contribution in [0.1, 0.15) is 5.56 Å². The molecule has 0 aliphatic carbocycles. The van der Waals surface area contributed by atoms with Gasteiger partial charge in [0.15, 0.2) is 5.15 Å². The Morgan fingerprint density at radius 1 is 1.44 bits per heavy atom. The average Bonchev–Trinajstić information content (AvgIpc) is 2.11. The van der Waals surface area contributed by atoms with Crippen molar-refractivity contribution in [3.05, 3.63) is 21.9 Å². The highest BCUT2D eigenvalue weighted by molar-refractivity contribution is 7.93. The molecule has 0 bridgehead atoms. The van der Waals surface area contributed by atoms with Crippen molar-refractivity contribution in [2.24, 2.45) is 0 Å². The predicted molar refractivity (Wildman–Crippen MR) is 57.5 cm³/mol. The minimum absolute atomic E-state index is 0.0440. The molecule has 9 heteroatoms. The SMILES string of the molecule is Cc1cc(Cl)nc(Cl)c1NS(=O)(=O)C(F)F. The molecule has 1 rings (SSSR count). The number of nitrogens with one attached hydrogen (secondary N) is 1. The second-order valence-electron chi connectivity index (χ2n) is 2.84. The van der Waals surface area contributed by atoms with Gasteiger partial charge in [0.05, 0.1) is 5.69 Å². The molecule has 0 aliphatic heterocycles. The number of anilines is 1. The van der Waals surface area contributed by atoms with E-state index in [0.717, 1.165) is 0 Å². The van der Waals surface area contributed by atoms with Gasteiger partial charge in [-0.25, -0.2) is 13.4 Å². The van der Waals surface area contributed by atoms with Crippen LogP contribution in [0, 0.1) is 6.92 Å². The number of nitrogens with zero attached hydrogens (tertiary/aromatic N) is 1. The quantitative estimate of drug-likeness (QED) is 0.871. The second kappa shape index (κ2) is 4.68. The molecule has 16 heavy (non-hydrogen) atoms. The van der Waals surface area contributed by atoms with Gasteiger partial charge in [-0.2, -0.15) is 8.78 Å². The van der Waals surface area contributed by atoms with E-state index < -0.39 is 15.8 Å². The highest BCUT2D eigenvalue weighted by atomic mass is 35.5. The number of hydrogen-bond acceptors (Lipinski definition) is 3. The summed E-state index contributed by atoms with van der Waals surface area (Å²) in [6.07, 6.45) is 0. The van der Waals surface area contributed by atoms with E-state index in [0.29, 0.717) is 5.56 Å². The lowest BCUT2D eigenvalue weighted by Gasteiger charge is -2.10. The van der Waals surface area contributed by atoms with E-state index in [4.69, 9.17) is 23.2 Å². The highest BCUT2D eigenvalue weighted by Gasteiger charge is 2.25. The number of hydrogen-bond donors (Lipinski definition) is 1. The van der Waals surface area contributed by atoms with Crippen LogP contribution in [0.5, 0.6) is 0 Å². The van der Waals surface area contributed by atoms with Crippen molar-refractivity contribution in [2.75, 3.05) is 4.72 Å². The highest BCUT2D eigenvalue weighted by Crippen LogP contribution is 2.28. The van der Waals surface area contributed by atoms with E-state index in [9.17, 15) is 17.2 Å². The molecule has 0 aliphatic rings. The first kappa shape index (κ1) is 13.4. The van der Waals surface area contributed by atoms with Crippen molar-refractivity contribution >= 4 is 38.9 Å². The Balaban J connectivity index is 3.17. The van der Waals surface area contributed by atoms with E-state index in [-0.39, 0.29) is 16.0 Å². The van der Waals surface area contributed by atoms with Gasteiger partial charge in [-0.3, -0.25) is 4.72 Å². The van der Waals surface area contributed by atoms with Gasteiger partial charge in [-0.05, 0) is 18.6 Å². The number of aryl methyl sites for hydroxylation is 1. The summed E-state index contributed by atoms with van der Waals surface area (Å²) in [5.74, 6) is -3.54. The Labute approximate surface area is 101 Å². The van der Waals surface area contributed by atoms with E-state index in [1.807, 2.05) is 0 Å². The number of rotatable bonds is 3. The fraction of sp³-hybridized carbons (Fsp3) is 0.286. The lowest BCUT2D eigenvalue weighted by atomic mass is 10.3. The number of pyridine rings is 1. The number of sulfonamides is 1. The molecular formula is C7H6Cl2F2N2O2S. The lowest BCUT2D eigenvalue weighted by Crippen LogP contribution is -2.21. The predicted octanol–water partition coefficient (Wildman–Crippen LogP) is 2.66. The first-order valence-corrected chi connectivity index (χ1v) is 6.16. The summed E-state index contributed by atoms with van der Waals surface area (Å²) in [5, 5.41) is -0.239. The van der Waals surface area contributed by atoms with Crippen molar-refractivity contribution in [3.63, 3.8) is 0 Å². The van der Waals surface area contributed by atoms with Crippen LogP contribution in [0.2, 0.25) is 10.3 Å². The summed E-state index contributed by atoms with van der Waals surface area (Å²) in [5.41, 5.74) is 0.0978. The van der Waals surface area contributed by atoms with Gasteiger partial charge in [-0.1, -0.05) is 23.2 Å². The van der Waals surface area contributed by atoms with Crippen LogP contribution < -0.4 is 4.72 Å². The summed E-state index contributed by atoms with van der Waals surface area (Å²) in [6.45, 7) is 1.46. The number of alkyl halides is 2. The summed E-state index contributed by atoms with van der Waals surface area (Å²) in [4.78, 5) is 3.54. The number of aromatic nitrogens is 1. The van der Waals surface area contributed by atoms with Crippen molar-refractivity contribution in [3.8, 4) is 0 Å². The van der Waals surface area contributed by atoms with Gasteiger partial charge in [0.1, 0.15) is 5.15 Å². The largest absolute Gasteiger partial charge is 0.355 e. The first-order chi connectivity index (χ1) is 7.24. The molecule has 4 nitrogen and oxygen atoms in total. The molecule has 90 valence electrons. The van der Waals surface area contributed by atoms with Crippen LogP contribution in [0.3, 0.4) is 0 Å². The minimum atomic E-state index is -4.76. The smallest absolute Gasteiger partial charge is 0.275 e. The van der Waals surface area contributed by atoms with E-state index in [2.05, 4.69) is 4.98 Å². The fourth-order valence-electron chi connectivity index (χ4n) is 0.905. The van der Waals surface area contributed by atoms with E-state index in [1.165, 1.54) is 13.0 Å². The lowest BCUT2D eigenvalue weighted by molar-refractivity contribution is 0.236. The maximum Gasteiger partial charge on any atom is 0.355 e. The molecule has 1 heterocycles. The topological polar surface area (TPSA) is 59.1 Å². The van der Waals surface area contributed by atoms with Crippen LogP contribution in [0.4, 0.5) is 14.5 Å². The molecule has 0 saturated carbocycles. The zero-order valence-electron chi connectivity index (χ0n) is 7.84. The molecule has 0 fully saturated rings. The summed E-state index contributed by atoms with van der Waals surface area (Å²) < 4.78 is 47.7. The molecule has 0 radical (unpaired) electrons. The molecule has 0 unspecified atom stereocenters. The van der Waals surface area contributed by atoms with E-state index >= 15 is 0 Å². The molecule has 1 N–H and O–H groups in total. The maximum absolute atomic E-state index is 12.1. The molecule has 0 aromatic carbocycles. The van der Waals surface area contributed by atoms with Gasteiger partial charge in [0, 0.05) is 0 Å². The Hall–Kier alpha value is -0.660. The van der Waals surface area contributed by atoms with E-state index in [1.54, 1.807) is 4.72 Å². The Kier molecular flexibility index (Phi) is 3.92. The zero-order valence-corrected chi connectivity index (χ0v) is 10.2. The Bertz CT molecular complexity index is 484. The second-order valence-corrected chi connectivity index (χ2v) is 5.23. The van der Waals surface area contributed by atoms with Gasteiger partial charge >= 0.3 is 5.76 Å². The van der Waals surface area contributed by atoms with Gasteiger partial charge in [0.25, 0.3) is 10.0 Å². The first-order valence-electron chi connectivity index (χ1n) is 3.86. The Morgan fingerprint density at radius 2 is 2.00 bits per heavy atom. The third-order valence-electron chi connectivity index (χ3n) is 1.62. The average molecular weight is 291 g/mol. The van der Waals surface area contributed by atoms with Crippen LogP contribution in [0.25, 0.3) is 0 Å². The van der Waals surface area contributed by atoms with Crippen LogP contribution in [-0.2, 0) is 10.0 Å². The summed E-state index contributed by atoms with van der Waals surface area (Å²) in [7, 11) is -4.76.